The van der Waals surface area contributed by atoms with E-state index in [1.807, 2.05) is 185 Å². The predicted octanol–water partition coefficient (Wildman–Crippen LogP) is 9.50. The van der Waals surface area contributed by atoms with E-state index >= 15 is 0 Å². The molecule has 0 aliphatic heterocycles. The molecule has 0 saturated carbocycles. The third kappa shape index (κ3) is 15.0. The first-order chi connectivity index (χ1) is 31.9. The van der Waals surface area contributed by atoms with E-state index in [4.69, 9.17) is 0 Å². The number of amides is 4. The number of aromatic nitrogens is 7. The highest BCUT2D eigenvalue weighted by Crippen LogP contribution is 2.22. The molecule has 8 rings (SSSR count). The Kier molecular flexibility index (Phi) is 17.0. The van der Waals surface area contributed by atoms with E-state index in [0.29, 0.717) is 26.4 Å². The molecule has 68 heavy (non-hydrogen) atoms. The first-order valence-electron chi connectivity index (χ1n) is 22.6. The minimum atomic E-state index is -0.372. The molecule has 0 spiro atoms. The third-order valence-electron chi connectivity index (χ3n) is 10.2. The highest BCUT2D eigenvalue weighted by atomic mass is 32.1. The maximum absolute atomic E-state index is 11.8. The van der Waals surface area contributed by atoms with Crippen LogP contribution >= 0.6 is 11.3 Å². The maximum Gasteiger partial charge on any atom is 0.226 e. The van der Waals surface area contributed by atoms with E-state index in [1.54, 1.807) is 28.5 Å². The second-order valence-corrected chi connectivity index (χ2v) is 21.5. The molecule has 0 atom stereocenters. The van der Waals surface area contributed by atoms with Gasteiger partial charge < -0.3 is 30.8 Å². The highest BCUT2D eigenvalue weighted by Gasteiger charge is 2.23. The van der Waals surface area contributed by atoms with Crippen molar-refractivity contribution >= 4 is 78.2 Å². The lowest BCUT2D eigenvalue weighted by Crippen LogP contribution is -2.36. The van der Waals surface area contributed by atoms with Crippen molar-refractivity contribution in [2.75, 3.05) is 0 Å². The highest BCUT2D eigenvalue weighted by molar-refractivity contribution is 7.18. The molecule has 0 fully saturated rings. The van der Waals surface area contributed by atoms with Crippen molar-refractivity contribution in [3.63, 3.8) is 0 Å². The number of rotatable bonds is 8. The van der Waals surface area contributed by atoms with Crippen molar-refractivity contribution in [3.8, 4) is 0 Å². The predicted molar refractivity (Wildman–Crippen MR) is 273 cm³/mol. The molecule has 4 aromatic heterocycles. The zero-order valence-electron chi connectivity index (χ0n) is 41.4. The normalized spacial score (nSPS) is 11.7. The van der Waals surface area contributed by atoms with E-state index in [1.165, 1.54) is 0 Å². The lowest BCUT2D eigenvalue weighted by molar-refractivity contribution is -0.129. The summed E-state index contributed by atoms with van der Waals surface area (Å²) in [5, 5.41) is 17.8. The molecule has 8 aromatic rings. The van der Waals surface area contributed by atoms with Crippen LogP contribution in [0.25, 0.3) is 43.2 Å². The van der Waals surface area contributed by atoms with E-state index < -0.39 is 0 Å². The Morgan fingerprint density at radius 2 is 1.04 bits per heavy atom. The van der Waals surface area contributed by atoms with Gasteiger partial charge in [0.05, 0.1) is 70.1 Å². The lowest BCUT2D eigenvalue weighted by Gasteiger charge is -2.18. The molecular weight excluding hydrogens is 875 g/mol. The second-order valence-electron chi connectivity index (χ2n) is 20.4. The number of hydrogen-bond donors (Lipinski definition) is 5. The number of aromatic amines is 1. The summed E-state index contributed by atoms with van der Waals surface area (Å²) in [5.74, 6) is 0.922. The molecule has 0 bridgehead atoms. The van der Waals surface area contributed by atoms with E-state index in [9.17, 15) is 19.2 Å². The number of nitrogens with zero attached hydrogens (tertiary/aromatic N) is 6. The Bertz CT molecular complexity index is 2670. The van der Waals surface area contributed by atoms with Crippen molar-refractivity contribution in [2.24, 2.45) is 21.7 Å². The summed E-state index contributed by atoms with van der Waals surface area (Å²) >= 11 is 1.62. The van der Waals surface area contributed by atoms with Crippen LogP contribution in [0.15, 0.2) is 110 Å². The first kappa shape index (κ1) is 52.0. The zero-order valence-corrected chi connectivity index (χ0v) is 42.3. The summed E-state index contributed by atoms with van der Waals surface area (Å²) in [6.07, 6.45) is 3.55. The number of benzene rings is 4. The summed E-state index contributed by atoms with van der Waals surface area (Å²) in [7, 11) is 0. The Morgan fingerprint density at radius 1 is 0.544 bits per heavy atom. The second kappa shape index (κ2) is 22.2. The minimum Gasteiger partial charge on any atom is -0.349 e. The molecule has 0 radical (unpaired) electrons. The van der Waals surface area contributed by atoms with Crippen LogP contribution in [-0.4, -0.2) is 57.9 Å². The topological polar surface area (TPSA) is 194 Å². The number of para-hydroxylation sites is 6. The van der Waals surface area contributed by atoms with Crippen LogP contribution in [-0.2, 0) is 45.6 Å². The average Bonchev–Trinajstić information content (AvgIpc) is 4.09. The van der Waals surface area contributed by atoms with Gasteiger partial charge in [-0.05, 0) is 42.5 Å². The van der Waals surface area contributed by atoms with Crippen LogP contribution < -0.4 is 21.3 Å². The number of hydrogen-bond acceptors (Lipinski definition) is 9. The quantitative estimate of drug-likeness (QED) is 0.0994. The van der Waals surface area contributed by atoms with Gasteiger partial charge in [0.2, 0.25) is 23.6 Å². The Labute approximate surface area is 402 Å². The smallest absolute Gasteiger partial charge is 0.226 e. The summed E-state index contributed by atoms with van der Waals surface area (Å²) in [5.41, 5.74) is 4.46. The van der Waals surface area contributed by atoms with Crippen LogP contribution in [0.4, 0.5) is 0 Å². The molecule has 0 unspecified atom stereocenters. The van der Waals surface area contributed by atoms with Gasteiger partial charge in [-0.1, -0.05) is 138 Å². The fourth-order valence-corrected chi connectivity index (χ4v) is 6.96. The standard InChI is InChI=1S/3C13H17N3O.C13H16N2OS/c1-13(2,3)12(17)15-9-16-8-14-10-6-4-5-7-11(10)16;1-13(2,3)12(17)14-9-16-11-7-5-4-6-10(11)8-15-16;1-13(2,3)12(17)14-8-11-15-9-6-4-5-7-10(9)16-11;1-13(2,3)12(16)14-8-11-15-9-6-4-5-7-10(9)17-11/h4-8H,9H2,1-3H3,(H,15,17);4-8H,9H2,1-3H3,(H,14,17);4-7H,8H2,1-3H3,(H,14,17)(H,15,16);4-7H,8H2,1-3H3,(H,14,16). The van der Waals surface area contributed by atoms with Crippen molar-refractivity contribution in [1.82, 2.24) is 55.6 Å². The number of H-pyrrole nitrogens is 1. The van der Waals surface area contributed by atoms with E-state index in [0.717, 1.165) is 54.0 Å². The van der Waals surface area contributed by atoms with Gasteiger partial charge in [-0.15, -0.1) is 11.3 Å². The number of carbonyl (C=O) groups is 4. The Hall–Kier alpha value is -6.94. The molecular formula is C52H67N11O4S. The minimum absolute atomic E-state index is 0.0251. The van der Waals surface area contributed by atoms with Gasteiger partial charge in [0.1, 0.15) is 17.5 Å². The molecule has 4 amide bonds. The fraction of sp³-hybridized carbons (Fsp3) is 0.385. The molecule has 0 saturated heterocycles. The van der Waals surface area contributed by atoms with Gasteiger partial charge in [0.25, 0.3) is 0 Å². The van der Waals surface area contributed by atoms with Gasteiger partial charge >= 0.3 is 0 Å². The van der Waals surface area contributed by atoms with Crippen LogP contribution in [0.2, 0.25) is 0 Å². The summed E-state index contributed by atoms with van der Waals surface area (Å²) in [6, 6.07) is 31.6. The zero-order chi connectivity index (χ0) is 49.9. The summed E-state index contributed by atoms with van der Waals surface area (Å²) in [6.45, 7) is 24.6. The maximum atomic E-state index is 11.8. The van der Waals surface area contributed by atoms with Crippen molar-refractivity contribution in [2.45, 2.75) is 110 Å². The molecule has 0 aliphatic rings. The largest absolute Gasteiger partial charge is 0.349 e. The van der Waals surface area contributed by atoms with E-state index in [2.05, 4.69) is 46.3 Å². The molecule has 4 aromatic carbocycles. The van der Waals surface area contributed by atoms with E-state index in [-0.39, 0.29) is 45.3 Å². The fourth-order valence-electron chi connectivity index (χ4n) is 6.06. The molecule has 360 valence electrons. The Balaban J connectivity index is 0.000000169. The molecule has 15 nitrogen and oxygen atoms in total. The van der Waals surface area contributed by atoms with Crippen molar-refractivity contribution < 1.29 is 19.2 Å². The first-order valence-corrected chi connectivity index (χ1v) is 23.4. The molecule has 16 heteroatoms. The van der Waals surface area contributed by atoms with Crippen LogP contribution in [0.3, 0.4) is 0 Å². The summed E-state index contributed by atoms with van der Waals surface area (Å²) in [4.78, 5) is 63.2. The van der Waals surface area contributed by atoms with Crippen molar-refractivity contribution in [3.05, 3.63) is 120 Å². The number of thiazole rings is 1. The van der Waals surface area contributed by atoms with Gasteiger partial charge in [-0.3, -0.25) is 19.2 Å². The lowest BCUT2D eigenvalue weighted by atomic mass is 9.96. The van der Waals surface area contributed by atoms with Gasteiger partial charge in [-0.2, -0.15) is 5.10 Å². The SMILES string of the molecule is CC(C)(C)C(=O)NCc1nc2ccccc2[nH]1.CC(C)(C)C(=O)NCc1nc2ccccc2s1.CC(C)(C)C(=O)NCn1cnc2ccccc21.CC(C)(C)C(=O)NCn1ncc2ccccc21. The van der Waals surface area contributed by atoms with Crippen LogP contribution in [0.1, 0.15) is 93.9 Å². The molecule has 4 heterocycles. The van der Waals surface area contributed by atoms with Gasteiger partial charge in [0, 0.05) is 27.0 Å². The van der Waals surface area contributed by atoms with Crippen LogP contribution in [0, 0.1) is 21.7 Å². The number of imidazole rings is 2. The van der Waals surface area contributed by atoms with Gasteiger partial charge in [-0.25, -0.2) is 19.6 Å². The molecule has 0 aliphatic carbocycles. The summed E-state index contributed by atoms with van der Waals surface area (Å²) < 4.78 is 4.88. The Morgan fingerprint density at radius 3 is 1.65 bits per heavy atom. The number of fused-ring (bicyclic) bond motifs is 4. The molecule has 5 N–H and O–H groups in total. The third-order valence-corrected chi connectivity index (χ3v) is 11.2. The van der Waals surface area contributed by atoms with Crippen LogP contribution in [0.5, 0.6) is 0 Å². The number of carbonyl (C=O) groups excluding carboxylic acids is 4. The number of nitrogens with one attached hydrogen (secondary N) is 5. The van der Waals surface area contributed by atoms with Gasteiger partial charge in [0.15, 0.2) is 0 Å². The van der Waals surface area contributed by atoms with Crippen molar-refractivity contribution in [1.29, 1.82) is 0 Å². The monoisotopic (exact) mass is 942 g/mol. The average molecular weight is 942 g/mol.